The lowest BCUT2D eigenvalue weighted by molar-refractivity contribution is 0.613. The molecule has 1 fully saturated rings. The average molecular weight is 337 g/mol. The molecule has 5 nitrogen and oxygen atoms in total. The van der Waals surface area contributed by atoms with E-state index in [0.717, 1.165) is 37.1 Å². The maximum atomic E-state index is 13.2. The fourth-order valence-electron chi connectivity index (χ4n) is 3.10. The molecule has 4 rings (SSSR count). The summed E-state index contributed by atoms with van der Waals surface area (Å²) < 4.78 is 15.0. The van der Waals surface area contributed by atoms with Gasteiger partial charge < -0.3 is 5.32 Å². The van der Waals surface area contributed by atoms with Crippen molar-refractivity contribution in [3.05, 3.63) is 72.3 Å². The van der Waals surface area contributed by atoms with E-state index >= 15 is 0 Å². The topological polar surface area (TPSA) is 55.6 Å². The van der Waals surface area contributed by atoms with E-state index in [0.29, 0.717) is 17.9 Å². The summed E-state index contributed by atoms with van der Waals surface area (Å²) in [5.41, 5.74) is 2.09. The number of hydrogen-bond donors (Lipinski definition) is 1. The van der Waals surface area contributed by atoms with Gasteiger partial charge in [0.05, 0.1) is 0 Å². The molecule has 128 valence electrons. The normalized spacial score (nSPS) is 19.1. The lowest BCUT2D eigenvalue weighted by Gasteiger charge is -2.06. The Kier molecular flexibility index (Phi) is 4.52. The molecule has 0 unspecified atom stereocenters. The number of hydrogen-bond acceptors (Lipinski definition) is 4. The highest BCUT2D eigenvalue weighted by Crippen LogP contribution is 2.33. The molecule has 0 radical (unpaired) electrons. The van der Waals surface area contributed by atoms with Crippen molar-refractivity contribution < 1.29 is 4.39 Å². The molecular weight excluding hydrogens is 317 g/mol. The Morgan fingerprint density at radius 3 is 3.04 bits per heavy atom. The minimum atomic E-state index is -0.153. The average Bonchev–Trinajstić information content (AvgIpc) is 3.11. The lowest BCUT2D eigenvalue weighted by Crippen LogP contribution is -2.22. The third-order valence-electron chi connectivity index (χ3n) is 4.53. The zero-order chi connectivity index (χ0) is 17.1. The summed E-state index contributed by atoms with van der Waals surface area (Å²) in [7, 11) is 0. The van der Waals surface area contributed by atoms with Crippen molar-refractivity contribution in [2.75, 3.05) is 6.54 Å². The molecule has 1 N–H and O–H groups in total. The SMILES string of the molecule is Fc1cccc(C[C@@H]2C[C@H]2NCCc2ccnc(-n3ccnc3)n2)c1. The number of halogens is 1. The van der Waals surface area contributed by atoms with E-state index in [2.05, 4.69) is 20.3 Å². The van der Waals surface area contributed by atoms with E-state index in [-0.39, 0.29) is 5.82 Å². The molecule has 2 aromatic heterocycles. The van der Waals surface area contributed by atoms with Crippen molar-refractivity contribution in [3.8, 4) is 5.95 Å². The molecule has 25 heavy (non-hydrogen) atoms. The van der Waals surface area contributed by atoms with Crippen LogP contribution in [0.15, 0.2) is 55.2 Å². The van der Waals surface area contributed by atoms with Gasteiger partial charge in [0, 0.05) is 43.3 Å². The highest BCUT2D eigenvalue weighted by molar-refractivity contribution is 5.19. The van der Waals surface area contributed by atoms with Crippen LogP contribution in [-0.2, 0) is 12.8 Å². The third kappa shape index (κ3) is 4.09. The van der Waals surface area contributed by atoms with Gasteiger partial charge in [-0.2, -0.15) is 0 Å². The van der Waals surface area contributed by atoms with Crippen molar-refractivity contribution in [2.45, 2.75) is 25.3 Å². The van der Waals surface area contributed by atoms with Crippen LogP contribution in [0.4, 0.5) is 4.39 Å². The van der Waals surface area contributed by atoms with Crippen LogP contribution in [0.3, 0.4) is 0 Å². The van der Waals surface area contributed by atoms with Gasteiger partial charge in [-0.3, -0.25) is 4.57 Å². The number of nitrogens with one attached hydrogen (secondary N) is 1. The molecule has 1 aromatic carbocycles. The van der Waals surface area contributed by atoms with Crippen molar-refractivity contribution in [1.82, 2.24) is 24.8 Å². The van der Waals surface area contributed by atoms with Crippen LogP contribution in [-0.4, -0.2) is 32.1 Å². The summed E-state index contributed by atoms with van der Waals surface area (Å²) >= 11 is 0. The second-order valence-electron chi connectivity index (χ2n) is 6.46. The predicted octanol–water partition coefficient (Wildman–Crippen LogP) is 2.56. The minimum Gasteiger partial charge on any atom is -0.313 e. The summed E-state index contributed by atoms with van der Waals surface area (Å²) in [5, 5.41) is 3.57. The molecule has 0 amide bonds. The molecule has 0 bridgehead atoms. The molecule has 2 heterocycles. The van der Waals surface area contributed by atoms with E-state index < -0.39 is 0 Å². The Balaban J connectivity index is 1.25. The van der Waals surface area contributed by atoms with Crippen LogP contribution in [0.1, 0.15) is 17.7 Å². The highest BCUT2D eigenvalue weighted by Gasteiger charge is 2.36. The maximum absolute atomic E-state index is 13.2. The van der Waals surface area contributed by atoms with Gasteiger partial charge in [0.1, 0.15) is 12.1 Å². The van der Waals surface area contributed by atoms with E-state index in [1.807, 2.05) is 18.3 Å². The Bertz CT molecular complexity index is 833. The van der Waals surface area contributed by atoms with Gasteiger partial charge >= 0.3 is 0 Å². The highest BCUT2D eigenvalue weighted by atomic mass is 19.1. The van der Waals surface area contributed by atoms with Crippen molar-refractivity contribution in [1.29, 1.82) is 0 Å². The summed E-state index contributed by atoms with van der Waals surface area (Å²) in [6.07, 6.45) is 9.96. The second kappa shape index (κ2) is 7.11. The van der Waals surface area contributed by atoms with E-state index in [9.17, 15) is 4.39 Å². The monoisotopic (exact) mass is 337 g/mol. The summed E-state index contributed by atoms with van der Waals surface area (Å²) in [4.78, 5) is 12.8. The Labute approximate surface area is 146 Å². The van der Waals surface area contributed by atoms with Crippen LogP contribution in [0.25, 0.3) is 5.95 Å². The Morgan fingerprint density at radius 2 is 2.20 bits per heavy atom. The van der Waals surface area contributed by atoms with Gasteiger partial charge in [0.2, 0.25) is 5.95 Å². The van der Waals surface area contributed by atoms with Crippen LogP contribution in [0.2, 0.25) is 0 Å². The molecular formula is C19H20FN5. The van der Waals surface area contributed by atoms with Gasteiger partial charge in [-0.05, 0) is 42.5 Å². The molecule has 0 aliphatic heterocycles. The summed E-state index contributed by atoms with van der Waals surface area (Å²) in [5.74, 6) is 1.10. The van der Waals surface area contributed by atoms with Crippen LogP contribution in [0, 0.1) is 11.7 Å². The van der Waals surface area contributed by atoms with Crippen LogP contribution >= 0.6 is 0 Å². The fraction of sp³-hybridized carbons (Fsp3) is 0.316. The minimum absolute atomic E-state index is 0.153. The number of aromatic nitrogens is 4. The maximum Gasteiger partial charge on any atom is 0.235 e. The van der Waals surface area contributed by atoms with E-state index in [1.165, 1.54) is 6.07 Å². The molecule has 0 spiro atoms. The molecule has 6 heteroatoms. The van der Waals surface area contributed by atoms with Gasteiger partial charge in [-0.25, -0.2) is 19.3 Å². The van der Waals surface area contributed by atoms with Gasteiger partial charge in [-0.1, -0.05) is 12.1 Å². The lowest BCUT2D eigenvalue weighted by atomic mass is 10.1. The first-order chi connectivity index (χ1) is 12.3. The number of nitrogens with zero attached hydrogens (tertiary/aromatic N) is 4. The second-order valence-corrected chi connectivity index (χ2v) is 6.46. The first-order valence-corrected chi connectivity index (χ1v) is 8.56. The van der Waals surface area contributed by atoms with Crippen LogP contribution in [0.5, 0.6) is 0 Å². The summed E-state index contributed by atoms with van der Waals surface area (Å²) in [6.45, 7) is 0.880. The summed E-state index contributed by atoms with van der Waals surface area (Å²) in [6, 6.07) is 9.37. The predicted molar refractivity (Wildman–Crippen MR) is 92.9 cm³/mol. The first kappa shape index (κ1) is 15.9. The van der Waals surface area contributed by atoms with E-state index in [1.54, 1.807) is 35.4 Å². The van der Waals surface area contributed by atoms with Gasteiger partial charge in [0.25, 0.3) is 0 Å². The zero-order valence-corrected chi connectivity index (χ0v) is 13.8. The number of benzene rings is 1. The zero-order valence-electron chi connectivity index (χ0n) is 13.8. The van der Waals surface area contributed by atoms with Crippen LogP contribution < -0.4 is 5.32 Å². The third-order valence-corrected chi connectivity index (χ3v) is 4.53. The Morgan fingerprint density at radius 1 is 1.24 bits per heavy atom. The molecule has 2 atom stereocenters. The smallest absolute Gasteiger partial charge is 0.235 e. The molecule has 1 saturated carbocycles. The first-order valence-electron chi connectivity index (χ1n) is 8.56. The number of imidazole rings is 1. The molecule has 1 aliphatic carbocycles. The van der Waals surface area contributed by atoms with Gasteiger partial charge in [0.15, 0.2) is 0 Å². The Hall–Kier alpha value is -2.60. The number of rotatable bonds is 7. The van der Waals surface area contributed by atoms with Crippen molar-refractivity contribution >= 4 is 0 Å². The molecule has 0 saturated heterocycles. The van der Waals surface area contributed by atoms with Crippen molar-refractivity contribution in [3.63, 3.8) is 0 Å². The van der Waals surface area contributed by atoms with Crippen molar-refractivity contribution in [2.24, 2.45) is 5.92 Å². The largest absolute Gasteiger partial charge is 0.313 e. The van der Waals surface area contributed by atoms with E-state index in [4.69, 9.17) is 0 Å². The molecule has 1 aliphatic rings. The fourth-order valence-corrected chi connectivity index (χ4v) is 3.10. The quantitative estimate of drug-likeness (QED) is 0.720. The standard InChI is InChI=1S/C19H20FN5/c20-16-3-1-2-14(11-16)10-15-12-18(15)22-6-4-17-5-7-23-19(24-17)25-9-8-21-13-25/h1-3,5,7-9,11,13,15,18,22H,4,6,10,12H2/t15-,18-/m1/s1. The van der Waals surface area contributed by atoms with Gasteiger partial charge in [-0.15, -0.1) is 0 Å². The molecule has 3 aromatic rings.